The molecule has 5 aromatic rings. The maximum absolute atomic E-state index is 14.5. The molecule has 8 N–H and O–H groups in total. The van der Waals surface area contributed by atoms with Crippen molar-refractivity contribution >= 4 is 16.8 Å². The van der Waals surface area contributed by atoms with Gasteiger partial charge in [-0.1, -0.05) is 17.7 Å². The first kappa shape index (κ1) is 34.3. The first-order chi connectivity index (χ1) is 24.3. The molecule has 1 aliphatic carbocycles. The monoisotopic (exact) mass is 690 g/mol. The molecule has 4 aromatic carbocycles. The second kappa shape index (κ2) is 13.4. The maximum atomic E-state index is 14.5. The van der Waals surface area contributed by atoms with Gasteiger partial charge in [-0.05, 0) is 62.6 Å². The number of carbonyl (C=O) groups is 1. The van der Waals surface area contributed by atoms with Crippen LogP contribution in [0.1, 0.15) is 65.6 Å². The summed E-state index contributed by atoms with van der Waals surface area (Å²) < 4.78 is 6.12. The number of Topliss-reactive ketones (excluding diaryl/α,β-unsaturated/α-hetero) is 1. The normalized spacial score (nSPS) is 17.1. The van der Waals surface area contributed by atoms with E-state index in [1.807, 2.05) is 0 Å². The second-order valence-electron chi connectivity index (χ2n) is 12.6. The lowest BCUT2D eigenvalue weighted by molar-refractivity contribution is 0.0878. The van der Waals surface area contributed by atoms with E-state index < -0.39 is 46.2 Å². The molecule has 0 radical (unpaired) electrons. The molecule has 260 valence electrons. The van der Waals surface area contributed by atoms with Gasteiger partial charge in [0.2, 0.25) is 0 Å². The van der Waals surface area contributed by atoms with Crippen LogP contribution in [0.25, 0.3) is 22.3 Å². The average molecular weight is 691 g/mol. The minimum absolute atomic E-state index is 0.0362. The molecule has 51 heavy (non-hydrogen) atoms. The smallest absolute Gasteiger partial charge is 0.200 e. The first-order valence-corrected chi connectivity index (χ1v) is 16.0. The van der Waals surface area contributed by atoms with E-state index in [0.717, 1.165) is 29.8 Å². The molecule has 0 bridgehead atoms. The summed E-state index contributed by atoms with van der Waals surface area (Å²) >= 11 is 0. The molecule has 0 aliphatic heterocycles. The van der Waals surface area contributed by atoms with Crippen molar-refractivity contribution in [1.29, 1.82) is 0 Å². The molecular formula is C40H34O11. The predicted molar refractivity (Wildman–Crippen MR) is 188 cm³/mol. The summed E-state index contributed by atoms with van der Waals surface area (Å²) in [5.41, 5.74) is 0.0681. The third-order valence-electron chi connectivity index (χ3n) is 9.23. The van der Waals surface area contributed by atoms with E-state index in [1.54, 1.807) is 19.9 Å². The number of hydrogen-bond acceptors (Lipinski definition) is 11. The highest BCUT2D eigenvalue weighted by Gasteiger charge is 2.43. The fraction of sp³-hybridized carbons (Fsp3) is 0.200. The number of rotatable bonds is 7. The number of aromatic hydroxyl groups is 8. The molecule has 0 amide bonds. The highest BCUT2D eigenvalue weighted by molar-refractivity contribution is 6.00. The number of phenolic OH excluding ortho intramolecular Hbond substituents is 8. The molecule has 1 aromatic heterocycles. The Morgan fingerprint density at radius 1 is 0.824 bits per heavy atom. The van der Waals surface area contributed by atoms with E-state index in [4.69, 9.17) is 4.42 Å². The van der Waals surface area contributed by atoms with Gasteiger partial charge in [-0.25, -0.2) is 0 Å². The van der Waals surface area contributed by atoms with Crippen LogP contribution in [0.15, 0.2) is 81.5 Å². The summed E-state index contributed by atoms with van der Waals surface area (Å²) in [4.78, 5) is 28.4. The van der Waals surface area contributed by atoms with Crippen molar-refractivity contribution in [1.82, 2.24) is 0 Å². The van der Waals surface area contributed by atoms with E-state index in [-0.39, 0.29) is 87.0 Å². The van der Waals surface area contributed by atoms with Crippen molar-refractivity contribution in [3.8, 4) is 69.2 Å². The minimum atomic E-state index is -1.17. The highest BCUT2D eigenvalue weighted by atomic mass is 16.3. The molecule has 11 nitrogen and oxygen atoms in total. The van der Waals surface area contributed by atoms with Crippen molar-refractivity contribution in [2.24, 2.45) is 5.92 Å². The van der Waals surface area contributed by atoms with Gasteiger partial charge in [-0.15, -0.1) is 11.8 Å². The van der Waals surface area contributed by atoms with Crippen LogP contribution in [-0.4, -0.2) is 46.6 Å². The molecule has 11 heteroatoms. The van der Waals surface area contributed by atoms with Crippen molar-refractivity contribution in [3.63, 3.8) is 0 Å². The summed E-state index contributed by atoms with van der Waals surface area (Å²) in [6.45, 7) is 3.42. The standard InChI is InChI=1S/C40H34O11/c1-3-4-5-6-26-39(50)36-32(47)17-24(44)18-33(36)51-40(26)27-9-10-30(45)35(38(27)49)29-12-19(2)11-28(25-8-7-21(41)16-31(25)46)34(29)37(48)20-13-22(42)15-23(43)14-20/h7-10,12-18,28-29,34,41-47,49H,5-6,11H2,1-2H3. The SMILES string of the molecule is CC#CCCc1c(-c2ccc(O)c(C3C=C(C)CC(c4ccc(O)cc4O)C3C(=O)c3cc(O)cc(O)c3)c2O)oc2cc(O)cc(O)c2c1=O. The number of carbonyl (C=O) groups excluding carboxylic acids is 1. The van der Waals surface area contributed by atoms with Gasteiger partial charge >= 0.3 is 0 Å². The number of ketones is 1. The lowest BCUT2D eigenvalue weighted by Crippen LogP contribution is -2.31. The van der Waals surface area contributed by atoms with Crippen LogP contribution in [-0.2, 0) is 6.42 Å². The Morgan fingerprint density at radius 3 is 2.20 bits per heavy atom. The lowest BCUT2D eigenvalue weighted by atomic mass is 9.65. The van der Waals surface area contributed by atoms with Crippen LogP contribution >= 0.6 is 0 Å². The van der Waals surface area contributed by atoms with Gasteiger partial charge in [-0.2, -0.15) is 0 Å². The zero-order chi connectivity index (χ0) is 36.7. The van der Waals surface area contributed by atoms with E-state index in [9.17, 15) is 50.4 Å². The molecule has 0 saturated heterocycles. The van der Waals surface area contributed by atoms with Crippen molar-refractivity contribution < 1.29 is 50.1 Å². The zero-order valence-electron chi connectivity index (χ0n) is 27.5. The van der Waals surface area contributed by atoms with Crippen LogP contribution in [0.2, 0.25) is 0 Å². The summed E-state index contributed by atoms with van der Waals surface area (Å²) in [5, 5.41) is 85.5. The molecule has 1 aliphatic rings. The predicted octanol–water partition coefficient (Wildman–Crippen LogP) is 6.78. The van der Waals surface area contributed by atoms with E-state index in [1.165, 1.54) is 36.4 Å². The largest absolute Gasteiger partial charge is 0.508 e. The Hall–Kier alpha value is -6.54. The quantitative estimate of drug-likeness (QED) is 0.0507. The van der Waals surface area contributed by atoms with Crippen molar-refractivity contribution in [2.75, 3.05) is 0 Å². The van der Waals surface area contributed by atoms with Gasteiger partial charge in [0, 0.05) is 65.1 Å². The summed E-state index contributed by atoms with van der Waals surface area (Å²) in [5.74, 6) is -1.21. The fourth-order valence-corrected chi connectivity index (χ4v) is 7.08. The Morgan fingerprint density at radius 2 is 1.51 bits per heavy atom. The topological polar surface area (TPSA) is 209 Å². The number of benzene rings is 4. The van der Waals surface area contributed by atoms with E-state index in [0.29, 0.717) is 5.56 Å². The third-order valence-corrected chi connectivity index (χ3v) is 9.23. The zero-order valence-corrected chi connectivity index (χ0v) is 27.5. The van der Waals surface area contributed by atoms with Gasteiger partial charge in [0.05, 0.1) is 5.56 Å². The highest BCUT2D eigenvalue weighted by Crippen LogP contribution is 2.54. The average Bonchev–Trinajstić information content (AvgIpc) is 3.04. The first-order valence-electron chi connectivity index (χ1n) is 16.0. The third kappa shape index (κ3) is 6.35. The van der Waals surface area contributed by atoms with Gasteiger partial charge in [0.25, 0.3) is 0 Å². The van der Waals surface area contributed by atoms with Gasteiger partial charge in [0.1, 0.15) is 62.7 Å². The van der Waals surface area contributed by atoms with Crippen LogP contribution in [0, 0.1) is 17.8 Å². The molecule has 0 spiro atoms. The molecule has 3 atom stereocenters. The number of allylic oxidation sites excluding steroid dienone is 2. The Kier molecular flexibility index (Phi) is 9.02. The summed E-state index contributed by atoms with van der Waals surface area (Å²) in [6, 6.07) is 12.1. The van der Waals surface area contributed by atoms with Crippen LogP contribution in [0.5, 0.6) is 46.0 Å². The van der Waals surface area contributed by atoms with Crippen LogP contribution in [0.4, 0.5) is 0 Å². The fourth-order valence-electron chi connectivity index (χ4n) is 7.08. The van der Waals surface area contributed by atoms with Crippen molar-refractivity contribution in [3.05, 3.63) is 105 Å². The summed E-state index contributed by atoms with van der Waals surface area (Å²) in [7, 11) is 0. The number of fused-ring (bicyclic) bond motifs is 1. The Balaban J connectivity index is 1.61. The maximum Gasteiger partial charge on any atom is 0.200 e. The van der Waals surface area contributed by atoms with Crippen LogP contribution < -0.4 is 5.43 Å². The van der Waals surface area contributed by atoms with Crippen LogP contribution in [0.3, 0.4) is 0 Å². The molecule has 1 heterocycles. The molecular weight excluding hydrogens is 656 g/mol. The minimum Gasteiger partial charge on any atom is -0.508 e. The van der Waals surface area contributed by atoms with Gasteiger partial charge in [-0.3, -0.25) is 9.59 Å². The number of phenols is 8. The molecule has 0 saturated carbocycles. The van der Waals surface area contributed by atoms with Crippen molar-refractivity contribution in [2.45, 2.75) is 44.9 Å². The Labute approximate surface area is 291 Å². The molecule has 0 fully saturated rings. The van der Waals surface area contributed by atoms with E-state index in [2.05, 4.69) is 11.8 Å². The Bertz CT molecular complexity index is 2350. The number of hydrogen-bond donors (Lipinski definition) is 8. The van der Waals surface area contributed by atoms with Gasteiger partial charge in [0.15, 0.2) is 11.2 Å². The molecule has 3 unspecified atom stereocenters. The summed E-state index contributed by atoms with van der Waals surface area (Å²) in [6.07, 6.45) is 2.21. The van der Waals surface area contributed by atoms with E-state index >= 15 is 0 Å². The molecule has 6 rings (SSSR count). The second-order valence-corrected chi connectivity index (χ2v) is 12.6. The lowest BCUT2D eigenvalue weighted by Gasteiger charge is -2.37. The van der Waals surface area contributed by atoms with Gasteiger partial charge < -0.3 is 45.3 Å².